The minimum Gasteiger partial charge on any atom is -0.481 e. The van der Waals surface area contributed by atoms with E-state index in [0.717, 1.165) is 18.7 Å². The summed E-state index contributed by atoms with van der Waals surface area (Å²) in [6.07, 6.45) is 3.86. The lowest BCUT2D eigenvalue weighted by atomic mass is 10.1. The fourth-order valence-corrected chi connectivity index (χ4v) is 2.59. The Morgan fingerprint density at radius 1 is 1.24 bits per heavy atom. The van der Waals surface area contributed by atoms with Crippen LogP contribution in [0.4, 0.5) is 0 Å². The highest BCUT2D eigenvalue weighted by Gasteiger charge is 2.07. The maximum Gasteiger partial charge on any atom is 0.218 e. The lowest BCUT2D eigenvalue weighted by Gasteiger charge is -2.10. The summed E-state index contributed by atoms with van der Waals surface area (Å²) in [5.41, 5.74) is 3.59. The van der Waals surface area contributed by atoms with Crippen molar-refractivity contribution in [3.05, 3.63) is 59.9 Å². The lowest BCUT2D eigenvalue weighted by molar-refractivity contribution is 0.391. The monoisotopic (exact) mass is 281 g/mol. The van der Waals surface area contributed by atoms with Gasteiger partial charge in [0, 0.05) is 30.0 Å². The van der Waals surface area contributed by atoms with E-state index >= 15 is 0 Å². The van der Waals surface area contributed by atoms with E-state index in [2.05, 4.69) is 51.4 Å². The number of rotatable bonds is 5. The fourth-order valence-electron chi connectivity index (χ4n) is 2.59. The summed E-state index contributed by atoms with van der Waals surface area (Å²) >= 11 is 0. The number of hydrogen-bond acceptors (Lipinski definition) is 3. The Kier molecular flexibility index (Phi) is 3.88. The molecular weight excluding hydrogens is 262 g/mol. The molecule has 0 atom stereocenters. The molecule has 0 saturated carbocycles. The van der Waals surface area contributed by atoms with Gasteiger partial charge in [-0.15, -0.1) is 0 Å². The first-order chi connectivity index (χ1) is 10.3. The third-order valence-electron chi connectivity index (χ3n) is 3.60. The van der Waals surface area contributed by atoms with Gasteiger partial charge in [0.2, 0.25) is 5.88 Å². The first-order valence-electron chi connectivity index (χ1n) is 7.02. The molecule has 0 bridgehead atoms. The zero-order chi connectivity index (χ0) is 14.7. The van der Waals surface area contributed by atoms with Crippen LogP contribution in [0.25, 0.3) is 10.9 Å². The minimum atomic E-state index is 0.686. The SMILES string of the molecule is CNCc1ccc2ccn(Cc3cccnc3OC)c2c1. The number of pyridine rings is 1. The second-order valence-electron chi connectivity index (χ2n) is 5.04. The molecule has 4 heteroatoms. The highest BCUT2D eigenvalue weighted by Crippen LogP contribution is 2.21. The van der Waals surface area contributed by atoms with E-state index in [1.54, 1.807) is 13.3 Å². The lowest BCUT2D eigenvalue weighted by Crippen LogP contribution is -2.05. The van der Waals surface area contributed by atoms with Crippen molar-refractivity contribution in [3.63, 3.8) is 0 Å². The van der Waals surface area contributed by atoms with Crippen LogP contribution in [0, 0.1) is 0 Å². The molecule has 0 unspecified atom stereocenters. The smallest absolute Gasteiger partial charge is 0.218 e. The zero-order valence-corrected chi connectivity index (χ0v) is 12.3. The Bertz CT molecular complexity index is 749. The molecule has 108 valence electrons. The van der Waals surface area contributed by atoms with Crippen LogP contribution < -0.4 is 10.1 Å². The molecule has 1 N–H and O–H groups in total. The Morgan fingerprint density at radius 3 is 2.95 bits per heavy atom. The highest BCUT2D eigenvalue weighted by molar-refractivity contribution is 5.81. The van der Waals surface area contributed by atoms with Crippen LogP contribution in [0.2, 0.25) is 0 Å². The second-order valence-corrected chi connectivity index (χ2v) is 5.04. The van der Waals surface area contributed by atoms with Crippen LogP contribution in [0.3, 0.4) is 0 Å². The third-order valence-corrected chi connectivity index (χ3v) is 3.60. The molecule has 0 fully saturated rings. The van der Waals surface area contributed by atoms with Crippen LogP contribution >= 0.6 is 0 Å². The van der Waals surface area contributed by atoms with Gasteiger partial charge >= 0.3 is 0 Å². The summed E-state index contributed by atoms with van der Waals surface area (Å²) in [5, 5.41) is 4.44. The van der Waals surface area contributed by atoms with Gasteiger partial charge in [0.15, 0.2) is 0 Å². The number of benzene rings is 1. The van der Waals surface area contributed by atoms with E-state index in [0.29, 0.717) is 5.88 Å². The molecule has 3 aromatic rings. The molecule has 0 spiro atoms. The van der Waals surface area contributed by atoms with Crippen molar-refractivity contribution in [2.24, 2.45) is 0 Å². The van der Waals surface area contributed by atoms with Crippen LogP contribution in [-0.4, -0.2) is 23.7 Å². The van der Waals surface area contributed by atoms with Crippen LogP contribution in [0.5, 0.6) is 5.88 Å². The molecule has 0 saturated heterocycles. The predicted octanol–water partition coefficient (Wildman–Crippen LogP) is 2.81. The van der Waals surface area contributed by atoms with Gasteiger partial charge in [-0.3, -0.25) is 0 Å². The van der Waals surface area contributed by atoms with Crippen molar-refractivity contribution in [2.45, 2.75) is 13.1 Å². The first kappa shape index (κ1) is 13.6. The molecular formula is C17H19N3O. The molecule has 1 aromatic carbocycles. The van der Waals surface area contributed by atoms with Crippen LogP contribution in [0.1, 0.15) is 11.1 Å². The number of nitrogens with zero attached hydrogens (tertiary/aromatic N) is 2. The predicted molar refractivity (Wildman–Crippen MR) is 84.6 cm³/mol. The number of ether oxygens (including phenoxy) is 1. The molecule has 4 nitrogen and oxygen atoms in total. The first-order valence-corrected chi connectivity index (χ1v) is 7.02. The molecule has 0 radical (unpaired) electrons. The summed E-state index contributed by atoms with van der Waals surface area (Å²) in [4.78, 5) is 4.26. The number of aromatic nitrogens is 2. The quantitative estimate of drug-likeness (QED) is 0.781. The van der Waals surface area contributed by atoms with Crippen LogP contribution in [-0.2, 0) is 13.1 Å². The largest absolute Gasteiger partial charge is 0.481 e. The van der Waals surface area contributed by atoms with Gasteiger partial charge in [-0.1, -0.05) is 18.2 Å². The summed E-state index contributed by atoms with van der Waals surface area (Å²) in [6, 6.07) is 12.7. The van der Waals surface area contributed by atoms with Gasteiger partial charge in [-0.05, 0) is 36.2 Å². The molecule has 2 heterocycles. The standard InChI is InChI=1S/C17H19N3O/c1-18-11-13-5-6-14-7-9-20(16(14)10-13)12-15-4-3-8-19-17(15)21-2/h3-10,18H,11-12H2,1-2H3. The van der Waals surface area contributed by atoms with Gasteiger partial charge in [0.1, 0.15) is 0 Å². The van der Waals surface area contributed by atoms with Gasteiger partial charge in [0.05, 0.1) is 13.7 Å². The van der Waals surface area contributed by atoms with E-state index in [9.17, 15) is 0 Å². The normalized spacial score (nSPS) is 11.0. The highest BCUT2D eigenvalue weighted by atomic mass is 16.5. The molecule has 2 aromatic heterocycles. The maximum atomic E-state index is 5.33. The van der Waals surface area contributed by atoms with E-state index < -0.39 is 0 Å². The van der Waals surface area contributed by atoms with Crippen molar-refractivity contribution in [2.75, 3.05) is 14.2 Å². The van der Waals surface area contributed by atoms with Crippen molar-refractivity contribution in [1.29, 1.82) is 0 Å². The fraction of sp³-hybridized carbons (Fsp3) is 0.235. The third kappa shape index (κ3) is 2.76. The van der Waals surface area contributed by atoms with Crippen molar-refractivity contribution >= 4 is 10.9 Å². The van der Waals surface area contributed by atoms with E-state index in [1.807, 2.05) is 13.1 Å². The summed E-state index contributed by atoms with van der Waals surface area (Å²) < 4.78 is 7.56. The van der Waals surface area contributed by atoms with Crippen LogP contribution in [0.15, 0.2) is 48.8 Å². The Morgan fingerprint density at radius 2 is 2.14 bits per heavy atom. The number of fused-ring (bicyclic) bond motifs is 1. The van der Waals surface area contributed by atoms with Crippen molar-refractivity contribution in [3.8, 4) is 5.88 Å². The van der Waals surface area contributed by atoms with Gasteiger partial charge in [-0.25, -0.2) is 4.98 Å². The van der Waals surface area contributed by atoms with E-state index in [-0.39, 0.29) is 0 Å². The van der Waals surface area contributed by atoms with Crippen molar-refractivity contribution in [1.82, 2.24) is 14.9 Å². The molecule has 0 amide bonds. The molecule has 0 aliphatic heterocycles. The molecule has 0 aliphatic carbocycles. The zero-order valence-electron chi connectivity index (χ0n) is 12.3. The summed E-state index contributed by atoms with van der Waals surface area (Å²) in [5.74, 6) is 0.686. The average Bonchev–Trinajstić information content (AvgIpc) is 2.91. The Hall–Kier alpha value is -2.33. The Balaban J connectivity index is 1.98. The van der Waals surface area contributed by atoms with Crippen molar-refractivity contribution < 1.29 is 4.74 Å². The molecule has 21 heavy (non-hydrogen) atoms. The Labute approximate surface area is 124 Å². The maximum absolute atomic E-state index is 5.33. The topological polar surface area (TPSA) is 39.1 Å². The number of methoxy groups -OCH3 is 1. The van der Waals surface area contributed by atoms with Gasteiger partial charge in [0.25, 0.3) is 0 Å². The average molecular weight is 281 g/mol. The van der Waals surface area contributed by atoms with E-state index in [4.69, 9.17) is 4.74 Å². The number of hydrogen-bond donors (Lipinski definition) is 1. The molecule has 3 rings (SSSR count). The van der Waals surface area contributed by atoms with Gasteiger partial charge < -0.3 is 14.6 Å². The summed E-state index contributed by atoms with van der Waals surface area (Å²) in [6.45, 7) is 1.63. The van der Waals surface area contributed by atoms with E-state index in [1.165, 1.54) is 16.5 Å². The molecule has 0 aliphatic rings. The second kappa shape index (κ2) is 5.97. The van der Waals surface area contributed by atoms with Gasteiger partial charge in [-0.2, -0.15) is 0 Å². The number of nitrogens with one attached hydrogen (secondary N) is 1. The summed E-state index contributed by atoms with van der Waals surface area (Å²) in [7, 11) is 3.62. The minimum absolute atomic E-state index is 0.686.